The maximum absolute atomic E-state index is 2.51. The van der Waals surface area contributed by atoms with E-state index in [4.69, 9.17) is 0 Å². The molecule has 0 nitrogen and oxygen atoms in total. The summed E-state index contributed by atoms with van der Waals surface area (Å²) in [5.74, 6) is 5.38. The Morgan fingerprint density at radius 1 is 1.13 bits per heavy atom. The average molecular weight is 208 g/mol. The molecule has 15 heavy (non-hydrogen) atoms. The van der Waals surface area contributed by atoms with Crippen molar-refractivity contribution in [3.05, 3.63) is 0 Å². The molecule has 0 aromatic heterocycles. The van der Waals surface area contributed by atoms with Gasteiger partial charge in [0.1, 0.15) is 0 Å². The van der Waals surface area contributed by atoms with Gasteiger partial charge >= 0.3 is 0 Å². The van der Waals surface area contributed by atoms with Gasteiger partial charge in [-0.25, -0.2) is 0 Å². The van der Waals surface area contributed by atoms with Crippen molar-refractivity contribution in [1.29, 1.82) is 0 Å². The van der Waals surface area contributed by atoms with Crippen LogP contribution in [0.3, 0.4) is 0 Å². The van der Waals surface area contributed by atoms with Crippen molar-refractivity contribution in [3.8, 4) is 0 Å². The van der Waals surface area contributed by atoms with E-state index in [1.54, 1.807) is 12.8 Å². The molecule has 0 aliphatic heterocycles. The van der Waals surface area contributed by atoms with Gasteiger partial charge < -0.3 is 0 Å². The Balaban J connectivity index is 2.08. The summed E-state index contributed by atoms with van der Waals surface area (Å²) in [4.78, 5) is 0. The van der Waals surface area contributed by atoms with Crippen LogP contribution in [-0.2, 0) is 0 Å². The van der Waals surface area contributed by atoms with Crippen molar-refractivity contribution < 1.29 is 0 Å². The Morgan fingerprint density at radius 3 is 2.60 bits per heavy atom. The smallest absolute Gasteiger partial charge is 0.0326 e. The van der Waals surface area contributed by atoms with Crippen molar-refractivity contribution in [2.45, 2.75) is 65.7 Å². The maximum Gasteiger partial charge on any atom is -0.0326 e. The van der Waals surface area contributed by atoms with Gasteiger partial charge in [-0.15, -0.1) is 0 Å². The number of hydrogen-bond donors (Lipinski definition) is 0. The first-order valence-electron chi connectivity index (χ1n) is 7.27. The van der Waals surface area contributed by atoms with E-state index < -0.39 is 0 Å². The molecule has 2 aliphatic rings. The summed E-state index contributed by atoms with van der Waals surface area (Å²) in [6.45, 7) is 7.29. The first kappa shape index (κ1) is 11.5. The van der Waals surface area contributed by atoms with Crippen LogP contribution < -0.4 is 0 Å². The van der Waals surface area contributed by atoms with Crippen molar-refractivity contribution in [3.63, 3.8) is 0 Å². The summed E-state index contributed by atoms with van der Waals surface area (Å²) >= 11 is 0. The minimum Gasteiger partial charge on any atom is -0.0654 e. The van der Waals surface area contributed by atoms with E-state index in [0.717, 1.165) is 29.6 Å². The molecule has 2 fully saturated rings. The lowest BCUT2D eigenvalue weighted by molar-refractivity contribution is 0.125. The SMILES string of the molecule is CCCC1CCCC2CC(C)C(CC)C12. The number of hydrogen-bond acceptors (Lipinski definition) is 0. The minimum atomic E-state index is 1.02. The van der Waals surface area contributed by atoms with Gasteiger partial charge in [0.15, 0.2) is 0 Å². The molecule has 0 heteroatoms. The lowest BCUT2D eigenvalue weighted by Crippen LogP contribution is -2.29. The zero-order valence-electron chi connectivity index (χ0n) is 10.8. The summed E-state index contributed by atoms with van der Waals surface area (Å²) in [7, 11) is 0. The van der Waals surface area contributed by atoms with E-state index in [2.05, 4.69) is 20.8 Å². The molecule has 2 aliphatic carbocycles. The Hall–Kier alpha value is 0. The van der Waals surface area contributed by atoms with Gasteiger partial charge in [-0.3, -0.25) is 0 Å². The topological polar surface area (TPSA) is 0 Å². The van der Waals surface area contributed by atoms with E-state index in [1.807, 2.05) is 0 Å². The molecule has 0 amide bonds. The minimum absolute atomic E-state index is 1.02. The average Bonchev–Trinajstić information content (AvgIpc) is 2.55. The Morgan fingerprint density at radius 2 is 1.93 bits per heavy atom. The Labute approximate surface area is 95.8 Å². The molecule has 5 unspecified atom stereocenters. The van der Waals surface area contributed by atoms with E-state index in [9.17, 15) is 0 Å². The van der Waals surface area contributed by atoms with Crippen LogP contribution in [0.5, 0.6) is 0 Å². The zero-order chi connectivity index (χ0) is 10.8. The third-order valence-corrected chi connectivity index (χ3v) is 5.27. The van der Waals surface area contributed by atoms with Gasteiger partial charge in [-0.2, -0.15) is 0 Å². The lowest BCUT2D eigenvalue weighted by Gasteiger charge is -2.37. The molecule has 5 atom stereocenters. The molecule has 0 radical (unpaired) electrons. The summed E-state index contributed by atoms with van der Waals surface area (Å²) < 4.78 is 0. The molecule has 88 valence electrons. The largest absolute Gasteiger partial charge is 0.0654 e. The third kappa shape index (κ3) is 2.10. The van der Waals surface area contributed by atoms with Crippen LogP contribution in [0.4, 0.5) is 0 Å². The molecule has 0 bridgehead atoms. The van der Waals surface area contributed by atoms with E-state index in [0.29, 0.717) is 0 Å². The second-order valence-corrected chi connectivity index (χ2v) is 6.10. The van der Waals surface area contributed by atoms with E-state index in [-0.39, 0.29) is 0 Å². The molecule has 0 saturated heterocycles. The van der Waals surface area contributed by atoms with Gasteiger partial charge in [0.2, 0.25) is 0 Å². The van der Waals surface area contributed by atoms with E-state index >= 15 is 0 Å². The predicted octanol–water partition coefficient (Wildman–Crippen LogP) is 4.89. The second kappa shape index (κ2) is 4.89. The molecule has 2 saturated carbocycles. The van der Waals surface area contributed by atoms with Crippen LogP contribution in [0.1, 0.15) is 65.7 Å². The van der Waals surface area contributed by atoms with Crippen molar-refractivity contribution >= 4 is 0 Å². The summed E-state index contributed by atoms with van der Waals surface area (Å²) in [6, 6.07) is 0. The molecule has 0 heterocycles. The molecule has 0 spiro atoms. The maximum atomic E-state index is 2.51. The Kier molecular flexibility index (Phi) is 3.74. The number of fused-ring (bicyclic) bond motifs is 1. The van der Waals surface area contributed by atoms with E-state index in [1.165, 1.54) is 32.1 Å². The van der Waals surface area contributed by atoms with Crippen LogP contribution in [0.25, 0.3) is 0 Å². The fourth-order valence-electron chi connectivity index (χ4n) is 4.80. The number of rotatable bonds is 3. The molecular formula is C15H28. The van der Waals surface area contributed by atoms with Gasteiger partial charge in [0.05, 0.1) is 0 Å². The van der Waals surface area contributed by atoms with Crippen molar-refractivity contribution in [1.82, 2.24) is 0 Å². The third-order valence-electron chi connectivity index (χ3n) is 5.27. The monoisotopic (exact) mass is 208 g/mol. The highest BCUT2D eigenvalue weighted by molar-refractivity contribution is 4.94. The molecule has 0 N–H and O–H groups in total. The van der Waals surface area contributed by atoms with Crippen molar-refractivity contribution in [2.75, 3.05) is 0 Å². The Bertz CT molecular complexity index is 194. The highest BCUT2D eigenvalue weighted by Gasteiger charge is 2.44. The van der Waals surface area contributed by atoms with Crippen LogP contribution >= 0.6 is 0 Å². The second-order valence-electron chi connectivity index (χ2n) is 6.10. The van der Waals surface area contributed by atoms with Gasteiger partial charge in [-0.1, -0.05) is 59.3 Å². The summed E-state index contributed by atoms with van der Waals surface area (Å²) in [5.41, 5.74) is 0. The summed E-state index contributed by atoms with van der Waals surface area (Å²) in [6.07, 6.45) is 10.5. The molecule has 0 aromatic rings. The fraction of sp³-hybridized carbons (Fsp3) is 1.00. The predicted molar refractivity (Wildman–Crippen MR) is 66.8 cm³/mol. The quantitative estimate of drug-likeness (QED) is 0.620. The standard InChI is InChI=1S/C15H28/c1-4-7-12-8-6-9-13-10-11(3)14(5-2)15(12)13/h11-15H,4-10H2,1-3H3. The molecule has 2 rings (SSSR count). The van der Waals surface area contributed by atoms with Gasteiger partial charge in [-0.05, 0) is 36.0 Å². The zero-order valence-corrected chi connectivity index (χ0v) is 10.8. The van der Waals surface area contributed by atoms with Crippen LogP contribution in [0.2, 0.25) is 0 Å². The van der Waals surface area contributed by atoms with Crippen molar-refractivity contribution in [2.24, 2.45) is 29.6 Å². The molecule has 0 aromatic carbocycles. The van der Waals surface area contributed by atoms with Gasteiger partial charge in [0.25, 0.3) is 0 Å². The van der Waals surface area contributed by atoms with Crippen LogP contribution in [0.15, 0.2) is 0 Å². The highest BCUT2D eigenvalue weighted by Crippen LogP contribution is 2.53. The first-order valence-corrected chi connectivity index (χ1v) is 7.27. The summed E-state index contributed by atoms with van der Waals surface area (Å²) in [5, 5.41) is 0. The first-order chi connectivity index (χ1) is 7.27. The lowest BCUT2D eigenvalue weighted by atomic mass is 9.68. The highest BCUT2D eigenvalue weighted by atomic mass is 14.5. The fourth-order valence-corrected chi connectivity index (χ4v) is 4.80. The van der Waals surface area contributed by atoms with Crippen LogP contribution in [0, 0.1) is 29.6 Å². The van der Waals surface area contributed by atoms with Gasteiger partial charge in [0, 0.05) is 0 Å². The normalized spacial score (nSPS) is 45.4. The van der Waals surface area contributed by atoms with Crippen LogP contribution in [-0.4, -0.2) is 0 Å². The molecular weight excluding hydrogens is 180 g/mol.